The van der Waals surface area contributed by atoms with Gasteiger partial charge in [-0.15, -0.1) is 5.10 Å². The molecule has 0 radical (unpaired) electrons. The van der Waals surface area contributed by atoms with Crippen LogP contribution in [0.4, 0.5) is 0 Å². The monoisotopic (exact) mass is 309 g/mol. The van der Waals surface area contributed by atoms with Crippen molar-refractivity contribution < 1.29 is 14.6 Å². The van der Waals surface area contributed by atoms with Crippen LogP contribution in [0, 0.1) is 6.92 Å². The third-order valence-corrected chi connectivity index (χ3v) is 3.56. The first-order valence-corrected chi connectivity index (χ1v) is 6.99. The van der Waals surface area contributed by atoms with Crippen LogP contribution in [0.1, 0.15) is 15.9 Å². The van der Waals surface area contributed by atoms with Crippen molar-refractivity contribution in [3.63, 3.8) is 0 Å². The summed E-state index contributed by atoms with van der Waals surface area (Å²) in [6.07, 6.45) is 1.77. The minimum absolute atomic E-state index is 0.212. The molecule has 0 aliphatic heterocycles. The third-order valence-electron chi connectivity index (χ3n) is 3.56. The number of rotatable bonds is 4. The smallest absolute Gasteiger partial charge is 0.335 e. The number of benzene rings is 2. The number of hydrogen-bond donors (Lipinski definition) is 1. The van der Waals surface area contributed by atoms with E-state index in [4.69, 9.17) is 9.84 Å². The lowest BCUT2D eigenvalue weighted by Crippen LogP contribution is -2.02. The van der Waals surface area contributed by atoms with Gasteiger partial charge in [-0.2, -0.15) is 0 Å². The summed E-state index contributed by atoms with van der Waals surface area (Å²) in [5, 5.41) is 17.4. The molecule has 3 aromatic rings. The maximum absolute atomic E-state index is 11.1. The molecule has 0 aliphatic rings. The van der Waals surface area contributed by atoms with Gasteiger partial charge in [-0.1, -0.05) is 23.4 Å². The Morgan fingerprint density at radius 2 is 2.04 bits per heavy atom. The molecule has 0 saturated heterocycles. The number of carboxylic acid groups (broad SMARTS) is 1. The number of ether oxygens (including phenoxy) is 1. The summed E-state index contributed by atoms with van der Waals surface area (Å²) < 4.78 is 6.79. The number of aryl methyl sites for hydroxylation is 1. The minimum Gasteiger partial charge on any atom is -0.497 e. The number of aromatic carboxylic acids is 1. The summed E-state index contributed by atoms with van der Waals surface area (Å²) in [5.74, 6) is -0.236. The lowest BCUT2D eigenvalue weighted by Gasteiger charge is -2.06. The maximum Gasteiger partial charge on any atom is 0.335 e. The Balaban J connectivity index is 2.02. The second kappa shape index (κ2) is 5.92. The van der Waals surface area contributed by atoms with Crippen LogP contribution < -0.4 is 4.74 Å². The molecule has 0 saturated carbocycles. The highest BCUT2D eigenvalue weighted by atomic mass is 16.5. The van der Waals surface area contributed by atoms with Gasteiger partial charge in [0, 0.05) is 5.56 Å². The molecule has 3 rings (SSSR count). The molecule has 0 atom stereocenters. The molecule has 6 nitrogen and oxygen atoms in total. The number of aromatic nitrogens is 3. The van der Waals surface area contributed by atoms with E-state index in [1.165, 1.54) is 0 Å². The second-order valence-corrected chi connectivity index (χ2v) is 5.09. The van der Waals surface area contributed by atoms with E-state index < -0.39 is 5.97 Å². The van der Waals surface area contributed by atoms with Crippen LogP contribution in [0.5, 0.6) is 5.75 Å². The Labute approximate surface area is 133 Å². The SMILES string of the molecule is COc1cccc(-c2cn(-c3cc(C(=O)O)ccc3C)nn2)c1. The number of methoxy groups -OCH3 is 1. The van der Waals surface area contributed by atoms with Gasteiger partial charge in [0.05, 0.1) is 24.6 Å². The molecule has 0 bridgehead atoms. The second-order valence-electron chi connectivity index (χ2n) is 5.09. The van der Waals surface area contributed by atoms with E-state index in [2.05, 4.69) is 10.3 Å². The number of carboxylic acids is 1. The van der Waals surface area contributed by atoms with Crippen molar-refractivity contribution in [1.82, 2.24) is 15.0 Å². The Bertz CT molecular complexity index is 871. The largest absolute Gasteiger partial charge is 0.497 e. The summed E-state index contributed by atoms with van der Waals surface area (Å²) in [7, 11) is 1.61. The predicted octanol–water partition coefficient (Wildman–Crippen LogP) is 2.95. The topological polar surface area (TPSA) is 77.2 Å². The van der Waals surface area contributed by atoms with E-state index in [0.717, 1.165) is 16.9 Å². The zero-order valence-corrected chi connectivity index (χ0v) is 12.7. The van der Waals surface area contributed by atoms with Crippen molar-refractivity contribution in [3.05, 3.63) is 59.8 Å². The molecule has 1 heterocycles. The summed E-state index contributed by atoms with van der Waals surface area (Å²) in [4.78, 5) is 11.1. The van der Waals surface area contributed by atoms with Crippen LogP contribution in [0.2, 0.25) is 0 Å². The molecular weight excluding hydrogens is 294 g/mol. The molecule has 1 N–H and O–H groups in total. The molecular formula is C17H15N3O3. The zero-order valence-electron chi connectivity index (χ0n) is 12.7. The van der Waals surface area contributed by atoms with Gasteiger partial charge in [0.1, 0.15) is 11.4 Å². The quantitative estimate of drug-likeness (QED) is 0.801. The molecule has 0 aliphatic carbocycles. The van der Waals surface area contributed by atoms with Crippen LogP contribution in [0.15, 0.2) is 48.7 Å². The van der Waals surface area contributed by atoms with Gasteiger partial charge in [0.15, 0.2) is 0 Å². The highest BCUT2D eigenvalue weighted by molar-refractivity contribution is 5.88. The fourth-order valence-electron chi connectivity index (χ4n) is 2.29. The molecule has 0 amide bonds. The Morgan fingerprint density at radius 3 is 2.78 bits per heavy atom. The standard InChI is InChI=1S/C17H15N3O3/c1-11-6-7-13(17(21)22)9-16(11)20-10-15(18-19-20)12-4-3-5-14(8-12)23-2/h3-10H,1-2H3,(H,21,22). The first-order valence-electron chi connectivity index (χ1n) is 6.99. The van der Waals surface area contributed by atoms with Crippen LogP contribution in [-0.2, 0) is 0 Å². The lowest BCUT2D eigenvalue weighted by molar-refractivity contribution is 0.0697. The summed E-state index contributed by atoms with van der Waals surface area (Å²) in [6.45, 7) is 1.90. The molecule has 23 heavy (non-hydrogen) atoms. The third kappa shape index (κ3) is 2.91. The van der Waals surface area contributed by atoms with Gasteiger partial charge >= 0.3 is 5.97 Å². The van der Waals surface area contributed by atoms with Crippen molar-refractivity contribution in [2.75, 3.05) is 7.11 Å². The van der Waals surface area contributed by atoms with Crippen molar-refractivity contribution in [3.8, 4) is 22.7 Å². The van der Waals surface area contributed by atoms with Gasteiger partial charge in [-0.05, 0) is 36.8 Å². The molecule has 6 heteroatoms. The fourth-order valence-corrected chi connectivity index (χ4v) is 2.29. The van der Waals surface area contributed by atoms with Gasteiger partial charge < -0.3 is 9.84 Å². The van der Waals surface area contributed by atoms with E-state index in [1.54, 1.807) is 36.2 Å². The Kier molecular flexibility index (Phi) is 3.80. The van der Waals surface area contributed by atoms with Crippen LogP contribution in [-0.4, -0.2) is 33.2 Å². The summed E-state index contributed by atoms with van der Waals surface area (Å²) in [6, 6.07) is 12.4. The maximum atomic E-state index is 11.1. The van der Waals surface area contributed by atoms with E-state index in [9.17, 15) is 4.79 Å². The number of carbonyl (C=O) groups is 1. The van der Waals surface area contributed by atoms with Gasteiger partial charge in [0.25, 0.3) is 0 Å². The summed E-state index contributed by atoms with van der Waals surface area (Å²) >= 11 is 0. The highest BCUT2D eigenvalue weighted by Gasteiger charge is 2.11. The number of hydrogen-bond acceptors (Lipinski definition) is 4. The first-order chi connectivity index (χ1) is 11.1. The van der Waals surface area contributed by atoms with Crippen molar-refractivity contribution in [1.29, 1.82) is 0 Å². The van der Waals surface area contributed by atoms with Crippen molar-refractivity contribution in [2.24, 2.45) is 0 Å². The zero-order chi connectivity index (χ0) is 16.4. The Hall–Kier alpha value is -3.15. The molecule has 116 valence electrons. The van der Waals surface area contributed by atoms with Crippen LogP contribution >= 0.6 is 0 Å². The van der Waals surface area contributed by atoms with E-state index >= 15 is 0 Å². The van der Waals surface area contributed by atoms with Gasteiger partial charge in [0.2, 0.25) is 0 Å². The Morgan fingerprint density at radius 1 is 1.22 bits per heavy atom. The molecule has 0 spiro atoms. The van der Waals surface area contributed by atoms with E-state index in [1.807, 2.05) is 31.2 Å². The van der Waals surface area contributed by atoms with Gasteiger partial charge in [-0.25, -0.2) is 9.48 Å². The number of nitrogens with zero attached hydrogens (tertiary/aromatic N) is 3. The molecule has 2 aromatic carbocycles. The van der Waals surface area contributed by atoms with Gasteiger partial charge in [-0.3, -0.25) is 0 Å². The van der Waals surface area contributed by atoms with Crippen molar-refractivity contribution in [2.45, 2.75) is 6.92 Å². The highest BCUT2D eigenvalue weighted by Crippen LogP contribution is 2.23. The van der Waals surface area contributed by atoms with Crippen molar-refractivity contribution >= 4 is 5.97 Å². The molecule has 0 fully saturated rings. The average molecular weight is 309 g/mol. The normalized spacial score (nSPS) is 10.5. The van der Waals surface area contributed by atoms with Crippen LogP contribution in [0.25, 0.3) is 16.9 Å². The predicted molar refractivity (Wildman–Crippen MR) is 85.0 cm³/mol. The van der Waals surface area contributed by atoms with Crippen LogP contribution in [0.3, 0.4) is 0 Å². The lowest BCUT2D eigenvalue weighted by atomic mass is 10.1. The summed E-state index contributed by atoms with van der Waals surface area (Å²) in [5.41, 5.74) is 3.37. The molecule has 1 aromatic heterocycles. The fraction of sp³-hybridized carbons (Fsp3) is 0.118. The van der Waals surface area contributed by atoms with E-state index in [0.29, 0.717) is 11.4 Å². The first kappa shape index (κ1) is 14.8. The average Bonchev–Trinajstić information content (AvgIpc) is 3.05. The minimum atomic E-state index is -0.973. The molecule has 0 unspecified atom stereocenters. The van der Waals surface area contributed by atoms with E-state index in [-0.39, 0.29) is 5.56 Å².